The number of guanidine groups is 1. The van der Waals surface area contributed by atoms with Gasteiger partial charge in [-0.25, -0.2) is 0 Å². The van der Waals surface area contributed by atoms with Crippen LogP contribution in [0.4, 0.5) is 0 Å². The van der Waals surface area contributed by atoms with Gasteiger partial charge < -0.3 is 19.9 Å². The van der Waals surface area contributed by atoms with E-state index in [0.717, 1.165) is 51.5 Å². The summed E-state index contributed by atoms with van der Waals surface area (Å²) in [4.78, 5) is 21.4. The van der Waals surface area contributed by atoms with E-state index in [2.05, 4.69) is 60.2 Å². The molecule has 0 radical (unpaired) electrons. The van der Waals surface area contributed by atoms with E-state index < -0.39 is 0 Å². The standard InChI is InChI=1S/C23H36N4O2/c1-23(2,3)20-7-5-18(6-8-20)17-25-22(24-4)27-11-9-19(10-12-27)21(28)26-13-15-29-16-14-26/h5-8,19H,9-17H2,1-4H3,(H,24,25). The molecule has 0 bridgehead atoms. The molecular weight excluding hydrogens is 364 g/mol. The first-order chi connectivity index (χ1) is 13.9. The molecule has 6 nitrogen and oxygen atoms in total. The molecule has 29 heavy (non-hydrogen) atoms. The molecule has 6 heteroatoms. The van der Waals surface area contributed by atoms with Crippen LogP contribution in [0.5, 0.6) is 0 Å². The van der Waals surface area contributed by atoms with E-state index in [0.29, 0.717) is 19.1 Å². The van der Waals surface area contributed by atoms with E-state index in [1.54, 1.807) is 0 Å². The quantitative estimate of drug-likeness (QED) is 0.626. The van der Waals surface area contributed by atoms with Crippen molar-refractivity contribution in [2.45, 2.75) is 45.6 Å². The van der Waals surface area contributed by atoms with Crippen LogP contribution in [0, 0.1) is 5.92 Å². The molecule has 2 heterocycles. The molecule has 1 aromatic rings. The second-order valence-electron chi connectivity index (χ2n) is 9.05. The van der Waals surface area contributed by atoms with Crippen LogP contribution in [0.3, 0.4) is 0 Å². The molecule has 3 rings (SSSR count). The first-order valence-corrected chi connectivity index (χ1v) is 10.8. The van der Waals surface area contributed by atoms with Crippen molar-refractivity contribution in [3.8, 4) is 0 Å². The molecule has 0 aliphatic carbocycles. The van der Waals surface area contributed by atoms with Crippen molar-refractivity contribution in [1.29, 1.82) is 0 Å². The van der Waals surface area contributed by atoms with Crippen molar-refractivity contribution < 1.29 is 9.53 Å². The van der Waals surface area contributed by atoms with E-state index in [-0.39, 0.29) is 11.3 Å². The zero-order chi connectivity index (χ0) is 20.9. The van der Waals surface area contributed by atoms with Crippen LogP contribution in [-0.2, 0) is 21.5 Å². The lowest BCUT2D eigenvalue weighted by atomic mass is 9.87. The number of nitrogens with one attached hydrogen (secondary N) is 1. The van der Waals surface area contributed by atoms with Gasteiger partial charge in [-0.3, -0.25) is 9.79 Å². The predicted molar refractivity (Wildman–Crippen MR) is 117 cm³/mol. The largest absolute Gasteiger partial charge is 0.378 e. The number of carbonyl (C=O) groups is 1. The number of rotatable bonds is 3. The number of aliphatic imine (C=N–C) groups is 1. The maximum absolute atomic E-state index is 12.7. The molecule has 2 aliphatic heterocycles. The zero-order valence-electron chi connectivity index (χ0n) is 18.4. The second kappa shape index (κ2) is 9.61. The van der Waals surface area contributed by atoms with Crippen LogP contribution >= 0.6 is 0 Å². The molecular formula is C23H36N4O2. The fourth-order valence-electron chi connectivity index (χ4n) is 4.02. The summed E-state index contributed by atoms with van der Waals surface area (Å²) < 4.78 is 5.36. The Morgan fingerprint density at radius 1 is 1.07 bits per heavy atom. The molecule has 0 atom stereocenters. The Kier molecular flexibility index (Phi) is 7.17. The smallest absolute Gasteiger partial charge is 0.225 e. The van der Waals surface area contributed by atoms with E-state index in [1.807, 2.05) is 11.9 Å². The van der Waals surface area contributed by atoms with Crippen molar-refractivity contribution in [3.05, 3.63) is 35.4 Å². The summed E-state index contributed by atoms with van der Waals surface area (Å²) in [6, 6.07) is 8.80. The number of carbonyl (C=O) groups excluding carboxylic acids is 1. The third-order valence-electron chi connectivity index (χ3n) is 5.95. The van der Waals surface area contributed by atoms with Gasteiger partial charge in [-0.15, -0.1) is 0 Å². The Labute approximate surface area is 175 Å². The molecule has 2 fully saturated rings. The fourth-order valence-corrected chi connectivity index (χ4v) is 4.02. The summed E-state index contributed by atoms with van der Waals surface area (Å²) in [6.45, 7) is 12.0. The Hall–Kier alpha value is -2.08. The first kappa shape index (κ1) is 21.6. The third kappa shape index (κ3) is 5.72. The van der Waals surface area contributed by atoms with Crippen LogP contribution in [0.25, 0.3) is 0 Å². The number of benzene rings is 1. The van der Waals surface area contributed by atoms with Gasteiger partial charge in [0.15, 0.2) is 5.96 Å². The van der Waals surface area contributed by atoms with Crippen molar-refractivity contribution in [3.63, 3.8) is 0 Å². The molecule has 2 saturated heterocycles. The summed E-state index contributed by atoms with van der Waals surface area (Å²) in [6.07, 6.45) is 1.77. The monoisotopic (exact) mass is 400 g/mol. The number of hydrogen-bond donors (Lipinski definition) is 1. The minimum absolute atomic E-state index is 0.132. The van der Waals surface area contributed by atoms with Gasteiger partial charge in [0.1, 0.15) is 0 Å². The number of nitrogens with zero attached hydrogens (tertiary/aromatic N) is 3. The highest BCUT2D eigenvalue weighted by Crippen LogP contribution is 2.23. The topological polar surface area (TPSA) is 57.2 Å². The maximum atomic E-state index is 12.7. The first-order valence-electron chi connectivity index (χ1n) is 10.8. The van der Waals surface area contributed by atoms with Gasteiger partial charge in [-0.2, -0.15) is 0 Å². The highest BCUT2D eigenvalue weighted by molar-refractivity contribution is 5.81. The SMILES string of the molecule is CN=C(NCc1ccc(C(C)(C)C)cc1)N1CCC(C(=O)N2CCOCC2)CC1. The Morgan fingerprint density at radius 2 is 1.69 bits per heavy atom. The van der Waals surface area contributed by atoms with Gasteiger partial charge >= 0.3 is 0 Å². The Morgan fingerprint density at radius 3 is 2.24 bits per heavy atom. The average Bonchev–Trinajstić information content (AvgIpc) is 2.74. The predicted octanol–water partition coefficient (Wildman–Crippen LogP) is 2.63. The molecule has 0 unspecified atom stereocenters. The molecule has 0 spiro atoms. The van der Waals surface area contributed by atoms with Crippen molar-refractivity contribution in [2.24, 2.45) is 10.9 Å². The van der Waals surface area contributed by atoms with Gasteiger partial charge in [0.25, 0.3) is 0 Å². The van der Waals surface area contributed by atoms with Gasteiger partial charge in [-0.1, -0.05) is 45.0 Å². The summed E-state index contributed by atoms with van der Waals surface area (Å²) in [7, 11) is 1.83. The van der Waals surface area contributed by atoms with Gasteiger partial charge in [0.05, 0.1) is 13.2 Å². The Balaban J connectivity index is 1.48. The zero-order valence-corrected chi connectivity index (χ0v) is 18.4. The second-order valence-corrected chi connectivity index (χ2v) is 9.05. The van der Waals surface area contributed by atoms with Crippen LogP contribution < -0.4 is 5.32 Å². The molecule has 2 aliphatic rings. The number of hydrogen-bond acceptors (Lipinski definition) is 3. The summed E-state index contributed by atoms with van der Waals surface area (Å²) in [5.74, 6) is 1.35. The number of amides is 1. The molecule has 1 N–H and O–H groups in total. The highest BCUT2D eigenvalue weighted by atomic mass is 16.5. The summed E-state index contributed by atoms with van der Waals surface area (Å²) in [5.41, 5.74) is 2.76. The molecule has 1 amide bonds. The lowest BCUT2D eigenvalue weighted by Gasteiger charge is -2.36. The van der Waals surface area contributed by atoms with E-state index in [9.17, 15) is 4.79 Å². The van der Waals surface area contributed by atoms with Gasteiger partial charge in [0.2, 0.25) is 5.91 Å². The van der Waals surface area contributed by atoms with Crippen molar-refractivity contribution >= 4 is 11.9 Å². The molecule has 0 aromatic heterocycles. The molecule has 160 valence electrons. The van der Waals surface area contributed by atoms with Gasteiger partial charge in [0, 0.05) is 45.7 Å². The van der Waals surface area contributed by atoms with Crippen LogP contribution in [0.15, 0.2) is 29.3 Å². The lowest BCUT2D eigenvalue weighted by molar-refractivity contribution is -0.140. The molecule has 0 saturated carbocycles. The minimum Gasteiger partial charge on any atom is -0.378 e. The minimum atomic E-state index is 0.132. The van der Waals surface area contributed by atoms with E-state index in [1.165, 1.54) is 11.1 Å². The summed E-state index contributed by atoms with van der Waals surface area (Å²) >= 11 is 0. The van der Waals surface area contributed by atoms with Crippen LogP contribution in [-0.4, -0.2) is 68.1 Å². The highest BCUT2D eigenvalue weighted by Gasteiger charge is 2.30. The lowest BCUT2D eigenvalue weighted by Crippen LogP contribution is -2.49. The fraction of sp³-hybridized carbons (Fsp3) is 0.652. The summed E-state index contributed by atoms with van der Waals surface area (Å²) in [5, 5.41) is 3.49. The normalized spacial score (nSPS) is 19.4. The van der Waals surface area contributed by atoms with Crippen molar-refractivity contribution in [2.75, 3.05) is 46.4 Å². The number of piperidine rings is 1. The Bertz CT molecular complexity index is 695. The van der Waals surface area contributed by atoms with Crippen LogP contribution in [0.1, 0.15) is 44.7 Å². The maximum Gasteiger partial charge on any atom is 0.225 e. The van der Waals surface area contributed by atoms with E-state index in [4.69, 9.17) is 4.74 Å². The number of ether oxygens (including phenoxy) is 1. The molecule has 1 aromatic carbocycles. The van der Waals surface area contributed by atoms with Crippen LogP contribution in [0.2, 0.25) is 0 Å². The third-order valence-corrected chi connectivity index (χ3v) is 5.95. The average molecular weight is 401 g/mol. The van der Waals surface area contributed by atoms with Gasteiger partial charge in [-0.05, 0) is 29.4 Å². The number of morpholine rings is 1. The van der Waals surface area contributed by atoms with Crippen molar-refractivity contribution in [1.82, 2.24) is 15.1 Å². The van der Waals surface area contributed by atoms with E-state index >= 15 is 0 Å². The number of likely N-dealkylation sites (tertiary alicyclic amines) is 1.